The van der Waals surface area contributed by atoms with E-state index in [1.54, 1.807) is 18.2 Å². The zero-order valence-electron chi connectivity index (χ0n) is 11.8. The third-order valence-electron chi connectivity index (χ3n) is 3.52. The van der Waals surface area contributed by atoms with Crippen LogP contribution in [0.3, 0.4) is 0 Å². The van der Waals surface area contributed by atoms with Gasteiger partial charge in [-0.25, -0.2) is 0 Å². The molecule has 0 aliphatic carbocycles. The molecule has 1 heterocycles. The van der Waals surface area contributed by atoms with E-state index in [4.69, 9.17) is 5.73 Å². The van der Waals surface area contributed by atoms with Crippen molar-refractivity contribution >= 4 is 16.8 Å². The lowest BCUT2D eigenvalue weighted by molar-refractivity contribution is -0.137. The van der Waals surface area contributed by atoms with Gasteiger partial charge < -0.3 is 5.73 Å². The molecule has 3 rings (SSSR count). The van der Waals surface area contributed by atoms with Gasteiger partial charge in [0.1, 0.15) is 0 Å². The van der Waals surface area contributed by atoms with E-state index in [0.29, 0.717) is 16.5 Å². The number of alkyl halides is 3. The number of carbonyl (C=O) groups excluding carboxylic acids is 1. The molecule has 6 heteroatoms. The number of hydrogen-bond acceptors (Lipinski definition) is 2. The molecule has 0 saturated heterocycles. The van der Waals surface area contributed by atoms with Crippen LogP contribution in [0.25, 0.3) is 22.0 Å². The number of carbonyl (C=O) groups is 1. The van der Waals surface area contributed by atoms with Crippen LogP contribution < -0.4 is 5.73 Å². The minimum absolute atomic E-state index is 0.0406. The van der Waals surface area contributed by atoms with Crippen molar-refractivity contribution in [2.45, 2.75) is 6.18 Å². The topological polar surface area (TPSA) is 56.0 Å². The SMILES string of the molecule is NC(=O)c1cccc2cc(-c3ccccc3C(F)(F)F)cnc12. The maximum absolute atomic E-state index is 13.1. The van der Waals surface area contributed by atoms with Gasteiger partial charge >= 0.3 is 6.18 Å². The number of nitrogens with two attached hydrogens (primary N) is 1. The van der Waals surface area contributed by atoms with Crippen LogP contribution in [0.4, 0.5) is 13.2 Å². The molecule has 23 heavy (non-hydrogen) atoms. The molecule has 0 saturated carbocycles. The van der Waals surface area contributed by atoms with Gasteiger partial charge in [0.05, 0.1) is 16.6 Å². The third-order valence-corrected chi connectivity index (χ3v) is 3.52. The van der Waals surface area contributed by atoms with E-state index in [2.05, 4.69) is 4.98 Å². The van der Waals surface area contributed by atoms with Gasteiger partial charge in [0.2, 0.25) is 0 Å². The van der Waals surface area contributed by atoms with E-state index in [1.165, 1.54) is 30.5 Å². The third kappa shape index (κ3) is 2.75. The van der Waals surface area contributed by atoms with Gasteiger partial charge in [0.15, 0.2) is 0 Å². The zero-order valence-corrected chi connectivity index (χ0v) is 11.8. The number of rotatable bonds is 2. The van der Waals surface area contributed by atoms with Gasteiger partial charge in [-0.15, -0.1) is 0 Å². The quantitative estimate of drug-likeness (QED) is 0.776. The van der Waals surface area contributed by atoms with Crippen LogP contribution in [0.2, 0.25) is 0 Å². The van der Waals surface area contributed by atoms with Crippen LogP contribution in [-0.2, 0) is 6.18 Å². The van der Waals surface area contributed by atoms with E-state index in [0.717, 1.165) is 6.07 Å². The van der Waals surface area contributed by atoms with Gasteiger partial charge in [-0.05, 0) is 23.8 Å². The molecule has 0 fully saturated rings. The number of pyridine rings is 1. The van der Waals surface area contributed by atoms with Gasteiger partial charge in [-0.1, -0.05) is 30.3 Å². The largest absolute Gasteiger partial charge is 0.417 e. The van der Waals surface area contributed by atoms with Crippen molar-refractivity contribution in [3.8, 4) is 11.1 Å². The summed E-state index contributed by atoms with van der Waals surface area (Å²) in [7, 11) is 0. The summed E-state index contributed by atoms with van der Waals surface area (Å²) < 4.78 is 39.4. The van der Waals surface area contributed by atoms with Crippen LogP contribution in [-0.4, -0.2) is 10.9 Å². The summed E-state index contributed by atoms with van der Waals surface area (Å²) >= 11 is 0. The lowest BCUT2D eigenvalue weighted by atomic mass is 9.98. The highest BCUT2D eigenvalue weighted by Crippen LogP contribution is 2.37. The van der Waals surface area contributed by atoms with E-state index in [1.807, 2.05) is 0 Å². The van der Waals surface area contributed by atoms with Crippen LogP contribution in [0.5, 0.6) is 0 Å². The molecule has 0 aliphatic heterocycles. The minimum Gasteiger partial charge on any atom is -0.366 e. The summed E-state index contributed by atoms with van der Waals surface area (Å²) in [6.45, 7) is 0. The van der Waals surface area contributed by atoms with Crippen LogP contribution in [0.15, 0.2) is 54.7 Å². The fourth-order valence-electron chi connectivity index (χ4n) is 2.49. The average molecular weight is 316 g/mol. The molecule has 0 bridgehead atoms. The predicted octanol–water partition coefficient (Wildman–Crippen LogP) is 4.02. The Hall–Kier alpha value is -2.89. The highest BCUT2D eigenvalue weighted by atomic mass is 19.4. The zero-order chi connectivity index (χ0) is 16.6. The van der Waals surface area contributed by atoms with Crippen LogP contribution in [0.1, 0.15) is 15.9 Å². The molecule has 1 aromatic heterocycles. The highest BCUT2D eigenvalue weighted by Gasteiger charge is 2.33. The number of amides is 1. The van der Waals surface area contributed by atoms with Crippen molar-refractivity contribution in [1.29, 1.82) is 0 Å². The molecule has 1 amide bonds. The highest BCUT2D eigenvalue weighted by molar-refractivity contribution is 6.05. The first-order valence-corrected chi connectivity index (χ1v) is 6.73. The number of nitrogens with zero attached hydrogens (tertiary/aromatic N) is 1. The Bertz CT molecular complexity index is 904. The molecular formula is C17H11F3N2O. The molecule has 2 aromatic carbocycles. The van der Waals surface area contributed by atoms with Crippen molar-refractivity contribution in [1.82, 2.24) is 4.98 Å². The second kappa shape index (κ2) is 5.39. The van der Waals surface area contributed by atoms with Gasteiger partial charge in [0.25, 0.3) is 5.91 Å². The monoisotopic (exact) mass is 316 g/mol. The lowest BCUT2D eigenvalue weighted by Crippen LogP contribution is -2.11. The van der Waals surface area contributed by atoms with Crippen molar-refractivity contribution < 1.29 is 18.0 Å². The Morgan fingerprint density at radius 3 is 2.48 bits per heavy atom. The van der Waals surface area contributed by atoms with Crippen molar-refractivity contribution in [2.75, 3.05) is 0 Å². The maximum atomic E-state index is 13.1. The number of fused-ring (bicyclic) bond motifs is 1. The van der Waals surface area contributed by atoms with Gasteiger partial charge in [0, 0.05) is 17.1 Å². The summed E-state index contributed by atoms with van der Waals surface area (Å²) in [6.07, 6.45) is -3.14. The Morgan fingerprint density at radius 1 is 1.04 bits per heavy atom. The van der Waals surface area contributed by atoms with E-state index < -0.39 is 17.6 Å². The molecule has 0 atom stereocenters. The number of para-hydroxylation sites is 1. The van der Waals surface area contributed by atoms with Crippen LogP contribution in [0, 0.1) is 0 Å². The summed E-state index contributed by atoms with van der Waals surface area (Å²) in [4.78, 5) is 15.5. The fraction of sp³-hybridized carbons (Fsp3) is 0.0588. The molecule has 2 N–H and O–H groups in total. The maximum Gasteiger partial charge on any atom is 0.417 e. The standard InChI is InChI=1S/C17H11F3N2O/c18-17(19,20)14-7-2-1-5-12(14)11-8-10-4-3-6-13(16(21)23)15(10)22-9-11/h1-9H,(H2,21,23). The molecule has 3 nitrogen and oxygen atoms in total. The number of aromatic nitrogens is 1. The summed E-state index contributed by atoms with van der Waals surface area (Å²) in [6, 6.07) is 11.7. The average Bonchev–Trinajstić information content (AvgIpc) is 2.53. The van der Waals surface area contributed by atoms with Crippen LogP contribution >= 0.6 is 0 Å². The van der Waals surface area contributed by atoms with Gasteiger partial charge in [-0.3, -0.25) is 9.78 Å². The summed E-state index contributed by atoms with van der Waals surface area (Å²) in [5, 5.41) is 0.552. The first-order valence-electron chi connectivity index (χ1n) is 6.73. The number of halogens is 3. The van der Waals surface area contributed by atoms with Gasteiger partial charge in [-0.2, -0.15) is 13.2 Å². The fourth-order valence-corrected chi connectivity index (χ4v) is 2.49. The summed E-state index contributed by atoms with van der Waals surface area (Å²) in [5.74, 6) is -0.633. The molecule has 116 valence electrons. The second-order valence-electron chi connectivity index (χ2n) is 5.01. The molecule has 0 aliphatic rings. The van der Waals surface area contributed by atoms with Crippen molar-refractivity contribution in [3.63, 3.8) is 0 Å². The Balaban J connectivity index is 2.22. The van der Waals surface area contributed by atoms with E-state index >= 15 is 0 Å². The Morgan fingerprint density at radius 2 is 1.78 bits per heavy atom. The van der Waals surface area contributed by atoms with Crippen molar-refractivity contribution in [2.24, 2.45) is 5.73 Å². The minimum atomic E-state index is -4.46. The predicted molar refractivity (Wildman–Crippen MR) is 80.7 cm³/mol. The first kappa shape index (κ1) is 15.0. The molecular weight excluding hydrogens is 305 g/mol. The normalized spacial score (nSPS) is 11.6. The lowest BCUT2D eigenvalue weighted by Gasteiger charge is -2.13. The number of primary amides is 1. The smallest absolute Gasteiger partial charge is 0.366 e. The molecule has 0 radical (unpaired) electrons. The Kier molecular flexibility index (Phi) is 3.52. The van der Waals surface area contributed by atoms with Crippen molar-refractivity contribution in [3.05, 3.63) is 65.9 Å². The molecule has 3 aromatic rings. The Labute approximate surface area is 129 Å². The van der Waals surface area contributed by atoms with E-state index in [9.17, 15) is 18.0 Å². The second-order valence-corrected chi connectivity index (χ2v) is 5.01. The number of hydrogen-bond donors (Lipinski definition) is 1. The number of benzene rings is 2. The molecule has 0 unspecified atom stereocenters. The van der Waals surface area contributed by atoms with E-state index in [-0.39, 0.29) is 11.1 Å². The summed E-state index contributed by atoms with van der Waals surface area (Å²) in [5.41, 5.74) is 5.52. The first-order chi connectivity index (χ1) is 10.9. The molecule has 0 spiro atoms.